The van der Waals surface area contributed by atoms with E-state index >= 15 is 0 Å². The molecule has 0 heterocycles. The summed E-state index contributed by atoms with van der Waals surface area (Å²) in [4.78, 5) is 11.0. The Balaban J connectivity index is 0. The van der Waals surface area contributed by atoms with E-state index < -0.39 is 0 Å². The van der Waals surface area contributed by atoms with Crippen molar-refractivity contribution in [2.24, 2.45) is 11.8 Å². The Morgan fingerprint density at radius 2 is 1.57 bits per heavy atom. The summed E-state index contributed by atoms with van der Waals surface area (Å²) in [5.41, 5.74) is 0. The highest BCUT2D eigenvalue weighted by Gasteiger charge is 2.04. The lowest BCUT2D eigenvalue weighted by Crippen LogP contribution is -2.29. The largest absolute Gasteiger partial charge is 0.356 e. The molecule has 0 atom stereocenters. The van der Waals surface area contributed by atoms with Crippen molar-refractivity contribution >= 4 is 5.91 Å². The molecule has 0 aromatic rings. The maximum absolute atomic E-state index is 11.0. The summed E-state index contributed by atoms with van der Waals surface area (Å²) in [6.07, 6.45) is 2.32. The summed E-state index contributed by atoms with van der Waals surface area (Å²) in [5, 5.41) is 2.87. The highest BCUT2D eigenvalue weighted by molar-refractivity contribution is 5.77. The van der Waals surface area contributed by atoms with Crippen LogP contribution in [0, 0.1) is 11.8 Å². The number of hydrogen-bond donors (Lipinski definition) is 1. The number of nitrogens with one attached hydrogen (secondary N) is 1. The first kappa shape index (κ1) is 15.9. The Hall–Kier alpha value is -0.530. The lowest BCUT2D eigenvalue weighted by molar-refractivity contribution is -0.124. The second kappa shape index (κ2) is 10.6. The molecule has 0 saturated carbocycles. The van der Waals surface area contributed by atoms with Gasteiger partial charge in [-0.15, -0.1) is 0 Å². The molecule has 0 bridgehead atoms. The van der Waals surface area contributed by atoms with Crippen LogP contribution < -0.4 is 5.32 Å². The average molecular weight is 201 g/mol. The fourth-order valence-corrected chi connectivity index (χ4v) is 0.688. The molecule has 0 aliphatic carbocycles. The Bertz CT molecular complexity index is 130. The molecule has 0 radical (unpaired) electrons. The zero-order chi connectivity index (χ0) is 11.6. The highest BCUT2D eigenvalue weighted by Crippen LogP contribution is 1.97. The van der Waals surface area contributed by atoms with Gasteiger partial charge in [-0.05, 0) is 12.3 Å². The number of rotatable bonds is 4. The molecular weight excluding hydrogens is 174 g/mol. The van der Waals surface area contributed by atoms with Gasteiger partial charge in [0, 0.05) is 12.5 Å². The Kier molecular flexibility index (Phi) is 12.0. The molecule has 2 heteroatoms. The van der Waals surface area contributed by atoms with Crippen molar-refractivity contribution in [1.82, 2.24) is 5.32 Å². The van der Waals surface area contributed by atoms with Crippen molar-refractivity contribution in [3.05, 3.63) is 0 Å². The fraction of sp³-hybridized carbons (Fsp3) is 0.917. The summed E-state index contributed by atoms with van der Waals surface area (Å²) in [5.74, 6) is 0.940. The van der Waals surface area contributed by atoms with Crippen LogP contribution in [0.3, 0.4) is 0 Å². The molecule has 86 valence electrons. The number of carbonyl (C=O) groups is 1. The van der Waals surface area contributed by atoms with Crippen LogP contribution in [-0.4, -0.2) is 12.5 Å². The van der Waals surface area contributed by atoms with E-state index in [1.165, 1.54) is 6.42 Å². The Morgan fingerprint density at radius 1 is 1.14 bits per heavy atom. The summed E-state index contributed by atoms with van der Waals surface area (Å²) in [6, 6.07) is 0. The van der Waals surface area contributed by atoms with Gasteiger partial charge in [-0.1, -0.05) is 48.0 Å². The van der Waals surface area contributed by atoms with Gasteiger partial charge in [0.15, 0.2) is 0 Å². The Morgan fingerprint density at radius 3 is 1.86 bits per heavy atom. The summed E-state index contributed by atoms with van der Waals surface area (Å²) in [7, 11) is 0. The number of amides is 1. The van der Waals surface area contributed by atoms with E-state index in [1.54, 1.807) is 0 Å². The van der Waals surface area contributed by atoms with Crippen LogP contribution in [0.15, 0.2) is 0 Å². The van der Waals surface area contributed by atoms with Gasteiger partial charge in [0.2, 0.25) is 5.91 Å². The maximum atomic E-state index is 11.0. The summed E-state index contributed by atoms with van der Waals surface area (Å²) in [6.45, 7) is 13.2. The van der Waals surface area contributed by atoms with Crippen molar-refractivity contribution < 1.29 is 4.79 Å². The summed E-state index contributed by atoms with van der Waals surface area (Å²) < 4.78 is 0. The second-order valence-corrected chi connectivity index (χ2v) is 4.34. The first-order valence-corrected chi connectivity index (χ1v) is 5.73. The van der Waals surface area contributed by atoms with Gasteiger partial charge >= 0.3 is 0 Å². The molecule has 0 aromatic heterocycles. The van der Waals surface area contributed by atoms with E-state index in [0.717, 1.165) is 13.0 Å². The first-order chi connectivity index (χ1) is 6.45. The van der Waals surface area contributed by atoms with Gasteiger partial charge in [0.05, 0.1) is 0 Å². The minimum Gasteiger partial charge on any atom is -0.356 e. The van der Waals surface area contributed by atoms with Crippen LogP contribution in [0.1, 0.15) is 54.4 Å². The van der Waals surface area contributed by atoms with Gasteiger partial charge in [-0.25, -0.2) is 0 Å². The van der Waals surface area contributed by atoms with Crippen LogP contribution in [0.5, 0.6) is 0 Å². The normalized spacial score (nSPS) is 9.71. The van der Waals surface area contributed by atoms with Crippen molar-refractivity contribution in [2.45, 2.75) is 54.4 Å². The Labute approximate surface area is 89.5 Å². The molecular formula is C12H27NO. The van der Waals surface area contributed by atoms with Crippen LogP contribution >= 0.6 is 0 Å². The first-order valence-electron chi connectivity index (χ1n) is 5.73. The third-order valence-electron chi connectivity index (χ3n) is 1.55. The minimum atomic E-state index is 0.113. The molecule has 0 fully saturated rings. The van der Waals surface area contributed by atoms with E-state index in [9.17, 15) is 4.79 Å². The van der Waals surface area contributed by atoms with Crippen molar-refractivity contribution in [2.75, 3.05) is 6.54 Å². The highest BCUT2D eigenvalue weighted by atomic mass is 16.1. The molecule has 1 N–H and O–H groups in total. The SMILES string of the molecule is CC(C)CCNC(=O)C(C)C.CCC. The predicted octanol–water partition coefficient (Wildman–Crippen LogP) is 3.22. The van der Waals surface area contributed by atoms with Crippen molar-refractivity contribution in [3.63, 3.8) is 0 Å². The lowest BCUT2D eigenvalue weighted by Gasteiger charge is -2.08. The minimum absolute atomic E-state index is 0.113. The molecule has 1 amide bonds. The summed E-state index contributed by atoms with van der Waals surface area (Å²) >= 11 is 0. The number of carbonyl (C=O) groups excluding carboxylic acids is 1. The fourth-order valence-electron chi connectivity index (χ4n) is 0.688. The molecule has 14 heavy (non-hydrogen) atoms. The van der Waals surface area contributed by atoms with Gasteiger partial charge in [0.1, 0.15) is 0 Å². The van der Waals surface area contributed by atoms with Crippen LogP contribution in [-0.2, 0) is 4.79 Å². The predicted molar refractivity (Wildman–Crippen MR) is 63.3 cm³/mol. The van der Waals surface area contributed by atoms with E-state index in [4.69, 9.17) is 0 Å². The third-order valence-corrected chi connectivity index (χ3v) is 1.55. The molecule has 0 spiro atoms. The zero-order valence-corrected chi connectivity index (χ0v) is 10.7. The molecule has 0 saturated heterocycles. The molecule has 0 aromatic carbocycles. The quantitative estimate of drug-likeness (QED) is 0.743. The lowest BCUT2D eigenvalue weighted by atomic mass is 10.1. The molecule has 0 unspecified atom stereocenters. The molecule has 0 aliphatic rings. The monoisotopic (exact) mass is 201 g/mol. The van der Waals surface area contributed by atoms with E-state index in [-0.39, 0.29) is 11.8 Å². The second-order valence-electron chi connectivity index (χ2n) is 4.34. The van der Waals surface area contributed by atoms with E-state index in [1.807, 2.05) is 13.8 Å². The molecule has 2 nitrogen and oxygen atoms in total. The smallest absolute Gasteiger partial charge is 0.222 e. The maximum Gasteiger partial charge on any atom is 0.222 e. The van der Waals surface area contributed by atoms with Crippen molar-refractivity contribution in [1.29, 1.82) is 0 Å². The number of hydrogen-bond acceptors (Lipinski definition) is 1. The standard InChI is InChI=1S/C9H19NO.C3H8/c1-7(2)5-6-10-9(11)8(3)4;1-3-2/h7-8H,5-6H2,1-4H3,(H,10,11);3H2,1-2H3. The van der Waals surface area contributed by atoms with E-state index in [0.29, 0.717) is 5.92 Å². The topological polar surface area (TPSA) is 29.1 Å². The van der Waals surface area contributed by atoms with Crippen LogP contribution in [0.25, 0.3) is 0 Å². The van der Waals surface area contributed by atoms with Crippen LogP contribution in [0.4, 0.5) is 0 Å². The zero-order valence-electron chi connectivity index (χ0n) is 10.7. The van der Waals surface area contributed by atoms with Gasteiger partial charge in [-0.3, -0.25) is 4.79 Å². The molecule has 0 rings (SSSR count). The average Bonchev–Trinajstić information content (AvgIpc) is 2.04. The van der Waals surface area contributed by atoms with E-state index in [2.05, 4.69) is 33.0 Å². The van der Waals surface area contributed by atoms with Gasteiger partial charge < -0.3 is 5.32 Å². The van der Waals surface area contributed by atoms with Crippen LogP contribution in [0.2, 0.25) is 0 Å². The molecule has 0 aliphatic heterocycles. The third kappa shape index (κ3) is 14.0. The van der Waals surface area contributed by atoms with Crippen molar-refractivity contribution in [3.8, 4) is 0 Å². The van der Waals surface area contributed by atoms with Gasteiger partial charge in [-0.2, -0.15) is 0 Å². The van der Waals surface area contributed by atoms with Gasteiger partial charge in [0.25, 0.3) is 0 Å².